The summed E-state index contributed by atoms with van der Waals surface area (Å²) in [6, 6.07) is 5.35. The summed E-state index contributed by atoms with van der Waals surface area (Å²) in [5.74, 6) is 0.307. The zero-order valence-electron chi connectivity index (χ0n) is 11.8. The minimum atomic E-state index is -0.0965. The van der Waals surface area contributed by atoms with Gasteiger partial charge in [-0.05, 0) is 51.4 Å². The molecule has 1 aliphatic heterocycles. The molecule has 0 spiro atoms. The summed E-state index contributed by atoms with van der Waals surface area (Å²) in [6.45, 7) is 6.14. The van der Waals surface area contributed by atoms with Crippen LogP contribution in [-0.4, -0.2) is 35.8 Å². The molecule has 1 aromatic carbocycles. The largest absolute Gasteiger partial charge is 0.508 e. The monoisotopic (exact) mass is 283 g/mol. The average molecular weight is 284 g/mol. The van der Waals surface area contributed by atoms with E-state index in [1.54, 1.807) is 19.2 Å². The van der Waals surface area contributed by atoms with Crippen molar-refractivity contribution in [3.63, 3.8) is 0 Å². The quantitative estimate of drug-likeness (QED) is 0.920. The van der Waals surface area contributed by atoms with E-state index in [9.17, 15) is 5.11 Å². The first kappa shape index (κ1) is 14.6. The van der Waals surface area contributed by atoms with E-state index in [0.717, 1.165) is 31.5 Å². The van der Waals surface area contributed by atoms with Crippen LogP contribution in [0.5, 0.6) is 5.75 Å². The van der Waals surface area contributed by atoms with E-state index in [-0.39, 0.29) is 11.6 Å². The normalized spacial score (nSPS) is 26.3. The third-order valence-electron chi connectivity index (χ3n) is 4.17. The number of aromatic hydroxyl groups is 1. The number of hydrogen-bond donors (Lipinski definition) is 1. The van der Waals surface area contributed by atoms with Crippen molar-refractivity contribution >= 4 is 11.6 Å². The van der Waals surface area contributed by atoms with Crippen molar-refractivity contribution in [2.45, 2.75) is 38.3 Å². The van der Waals surface area contributed by atoms with Crippen LogP contribution in [0.15, 0.2) is 18.2 Å². The third-order valence-corrected chi connectivity index (χ3v) is 4.40. The Balaban J connectivity index is 2.19. The SMILES string of the molecule is COC1(C)CCCN(C(C)c2cc(Cl)ccc2O)C1. The third kappa shape index (κ3) is 3.22. The van der Waals surface area contributed by atoms with Crippen LogP contribution in [0.1, 0.15) is 38.3 Å². The molecule has 0 aromatic heterocycles. The molecule has 1 fully saturated rings. The summed E-state index contributed by atoms with van der Waals surface area (Å²) in [6.07, 6.45) is 2.18. The summed E-state index contributed by atoms with van der Waals surface area (Å²) in [7, 11) is 1.77. The summed E-state index contributed by atoms with van der Waals surface area (Å²) < 4.78 is 5.62. The second-order valence-electron chi connectivity index (χ2n) is 5.61. The summed E-state index contributed by atoms with van der Waals surface area (Å²) >= 11 is 6.03. The fraction of sp³-hybridized carbons (Fsp3) is 0.600. The fourth-order valence-electron chi connectivity index (χ4n) is 2.80. The maximum absolute atomic E-state index is 10.0. The van der Waals surface area contributed by atoms with Crippen LogP contribution in [0.25, 0.3) is 0 Å². The zero-order chi connectivity index (χ0) is 14.0. The molecule has 2 rings (SSSR count). The number of rotatable bonds is 3. The van der Waals surface area contributed by atoms with Gasteiger partial charge >= 0.3 is 0 Å². The van der Waals surface area contributed by atoms with Crippen LogP contribution in [0.2, 0.25) is 5.02 Å². The predicted octanol–water partition coefficient (Wildman–Crippen LogP) is 3.61. The first-order valence-corrected chi connectivity index (χ1v) is 7.10. The number of piperidine rings is 1. The predicted molar refractivity (Wildman–Crippen MR) is 77.8 cm³/mol. The lowest BCUT2D eigenvalue weighted by Gasteiger charge is -2.42. The van der Waals surface area contributed by atoms with E-state index >= 15 is 0 Å². The van der Waals surface area contributed by atoms with Gasteiger partial charge in [0.2, 0.25) is 0 Å². The standard InChI is InChI=1S/C15H22ClNO2/c1-11(13-9-12(16)5-6-14(13)18)17-8-4-7-15(2,10-17)19-3/h5-6,9,11,18H,4,7-8,10H2,1-3H3. The summed E-state index contributed by atoms with van der Waals surface area (Å²) in [5.41, 5.74) is 0.786. The lowest BCUT2D eigenvalue weighted by atomic mass is 9.92. The lowest BCUT2D eigenvalue weighted by molar-refractivity contribution is -0.0601. The van der Waals surface area contributed by atoms with Crippen molar-refractivity contribution in [3.05, 3.63) is 28.8 Å². The van der Waals surface area contributed by atoms with Gasteiger partial charge in [-0.3, -0.25) is 4.90 Å². The van der Waals surface area contributed by atoms with Crippen molar-refractivity contribution in [2.75, 3.05) is 20.2 Å². The fourth-order valence-corrected chi connectivity index (χ4v) is 2.98. The van der Waals surface area contributed by atoms with Gasteiger partial charge in [0, 0.05) is 30.3 Å². The molecule has 0 saturated carbocycles. The van der Waals surface area contributed by atoms with Crippen LogP contribution >= 0.6 is 11.6 Å². The molecule has 0 bridgehead atoms. The van der Waals surface area contributed by atoms with Crippen LogP contribution < -0.4 is 0 Å². The van der Waals surface area contributed by atoms with Gasteiger partial charge in [-0.25, -0.2) is 0 Å². The smallest absolute Gasteiger partial charge is 0.120 e. The topological polar surface area (TPSA) is 32.7 Å². The number of phenols is 1. The number of benzene rings is 1. The van der Waals surface area contributed by atoms with E-state index < -0.39 is 0 Å². The highest BCUT2D eigenvalue weighted by Crippen LogP contribution is 2.34. The molecule has 0 aliphatic carbocycles. The molecule has 3 nitrogen and oxygen atoms in total. The molecule has 1 N–H and O–H groups in total. The number of hydrogen-bond acceptors (Lipinski definition) is 3. The van der Waals surface area contributed by atoms with Crippen LogP contribution in [0.3, 0.4) is 0 Å². The van der Waals surface area contributed by atoms with Gasteiger partial charge in [0.15, 0.2) is 0 Å². The number of nitrogens with zero attached hydrogens (tertiary/aromatic N) is 1. The van der Waals surface area contributed by atoms with Crippen molar-refractivity contribution in [2.24, 2.45) is 0 Å². The van der Waals surface area contributed by atoms with Gasteiger partial charge < -0.3 is 9.84 Å². The van der Waals surface area contributed by atoms with Gasteiger partial charge in [-0.15, -0.1) is 0 Å². The molecule has 1 saturated heterocycles. The molecule has 0 radical (unpaired) electrons. The van der Waals surface area contributed by atoms with Gasteiger partial charge in [-0.2, -0.15) is 0 Å². The Hall–Kier alpha value is -0.770. The number of halogens is 1. The van der Waals surface area contributed by atoms with Gasteiger partial charge in [0.1, 0.15) is 5.75 Å². The molecule has 106 valence electrons. The maximum atomic E-state index is 10.0. The van der Waals surface area contributed by atoms with Crippen molar-refractivity contribution in [1.82, 2.24) is 4.90 Å². The van der Waals surface area contributed by atoms with Gasteiger partial charge in [0.25, 0.3) is 0 Å². The van der Waals surface area contributed by atoms with E-state index in [0.29, 0.717) is 10.8 Å². The van der Waals surface area contributed by atoms with Crippen molar-refractivity contribution < 1.29 is 9.84 Å². The van der Waals surface area contributed by atoms with Crippen molar-refractivity contribution in [3.8, 4) is 5.75 Å². The molecule has 1 aromatic rings. The summed E-state index contributed by atoms with van der Waals surface area (Å²) in [4.78, 5) is 2.35. The van der Waals surface area contributed by atoms with Gasteiger partial charge in [0.05, 0.1) is 5.60 Å². The summed E-state index contributed by atoms with van der Waals surface area (Å²) in [5, 5.41) is 10.7. The minimum Gasteiger partial charge on any atom is -0.508 e. The Morgan fingerprint density at radius 2 is 2.21 bits per heavy atom. The first-order valence-electron chi connectivity index (χ1n) is 6.73. The van der Waals surface area contributed by atoms with Crippen molar-refractivity contribution in [1.29, 1.82) is 0 Å². The lowest BCUT2D eigenvalue weighted by Crippen LogP contribution is -2.48. The number of methoxy groups -OCH3 is 1. The maximum Gasteiger partial charge on any atom is 0.120 e. The molecular weight excluding hydrogens is 262 g/mol. The average Bonchev–Trinajstić information content (AvgIpc) is 2.41. The highest BCUT2D eigenvalue weighted by Gasteiger charge is 2.33. The molecule has 1 aliphatic rings. The second kappa shape index (κ2) is 5.70. The highest BCUT2D eigenvalue weighted by molar-refractivity contribution is 6.30. The Morgan fingerprint density at radius 3 is 2.89 bits per heavy atom. The van der Waals surface area contributed by atoms with E-state index in [2.05, 4.69) is 18.7 Å². The van der Waals surface area contributed by atoms with E-state index in [1.165, 1.54) is 0 Å². The number of ether oxygens (including phenoxy) is 1. The Morgan fingerprint density at radius 1 is 1.47 bits per heavy atom. The van der Waals surface area contributed by atoms with Crippen LogP contribution in [-0.2, 0) is 4.74 Å². The molecule has 2 atom stereocenters. The second-order valence-corrected chi connectivity index (χ2v) is 6.04. The molecule has 19 heavy (non-hydrogen) atoms. The Bertz CT molecular complexity index is 452. The molecule has 0 amide bonds. The number of likely N-dealkylation sites (tertiary alicyclic amines) is 1. The first-order chi connectivity index (χ1) is 8.95. The molecule has 2 unspecified atom stereocenters. The van der Waals surface area contributed by atoms with Crippen LogP contribution in [0, 0.1) is 0 Å². The van der Waals surface area contributed by atoms with Crippen LogP contribution in [0.4, 0.5) is 0 Å². The molecule has 4 heteroatoms. The van der Waals surface area contributed by atoms with Gasteiger partial charge in [-0.1, -0.05) is 11.6 Å². The Labute approximate surface area is 120 Å². The number of phenolic OH excluding ortho intramolecular Hbond substituents is 1. The molecule has 1 heterocycles. The highest BCUT2D eigenvalue weighted by atomic mass is 35.5. The van der Waals surface area contributed by atoms with E-state index in [4.69, 9.17) is 16.3 Å². The van der Waals surface area contributed by atoms with E-state index in [1.807, 2.05) is 6.07 Å². The minimum absolute atomic E-state index is 0.0965. The zero-order valence-corrected chi connectivity index (χ0v) is 12.6. The Kier molecular flexibility index (Phi) is 4.39. The molecular formula is C15H22ClNO2.